The van der Waals surface area contributed by atoms with Crippen molar-refractivity contribution in [2.75, 3.05) is 0 Å². The Balaban J connectivity index is 2.50. The molecule has 0 saturated heterocycles. The van der Waals surface area contributed by atoms with Crippen molar-refractivity contribution in [1.29, 1.82) is 0 Å². The summed E-state index contributed by atoms with van der Waals surface area (Å²) < 4.78 is 0. The molecule has 0 bridgehead atoms. The van der Waals surface area contributed by atoms with Crippen LogP contribution in [0.4, 0.5) is 0 Å². The van der Waals surface area contributed by atoms with Crippen LogP contribution in [0.15, 0.2) is 48.6 Å². The van der Waals surface area contributed by atoms with E-state index >= 15 is 0 Å². The minimum absolute atomic E-state index is 0.0753. The summed E-state index contributed by atoms with van der Waals surface area (Å²) in [6.45, 7) is 3.79. The number of benzene rings is 1. The molecule has 0 aromatic heterocycles. The molecule has 1 aromatic carbocycles. The molecule has 1 rings (SSSR count). The van der Waals surface area contributed by atoms with Crippen LogP contribution in [0.25, 0.3) is 6.08 Å². The van der Waals surface area contributed by atoms with E-state index in [2.05, 4.69) is 0 Å². The largest absolute Gasteiger partial charge is 0.295 e. The molecule has 0 N–H and O–H groups in total. The standard InChI is InChI=1S/C14H16O/c1-12(2)14(15)11-7-6-10-13-8-4-3-5-9-13/h3-12H,1-2H3. The van der Waals surface area contributed by atoms with Gasteiger partial charge in [-0.05, 0) is 11.6 Å². The van der Waals surface area contributed by atoms with Crippen LogP contribution in [0.1, 0.15) is 19.4 Å². The van der Waals surface area contributed by atoms with Crippen molar-refractivity contribution in [1.82, 2.24) is 0 Å². The first-order valence-electron chi connectivity index (χ1n) is 5.14. The van der Waals surface area contributed by atoms with E-state index < -0.39 is 0 Å². The van der Waals surface area contributed by atoms with Crippen LogP contribution >= 0.6 is 0 Å². The maximum atomic E-state index is 11.2. The number of hydrogen-bond donors (Lipinski definition) is 0. The molecule has 0 saturated carbocycles. The van der Waals surface area contributed by atoms with Crippen molar-refractivity contribution in [3.63, 3.8) is 0 Å². The van der Waals surface area contributed by atoms with Gasteiger partial charge in [0.2, 0.25) is 0 Å². The zero-order valence-electron chi connectivity index (χ0n) is 9.18. The first-order valence-corrected chi connectivity index (χ1v) is 5.14. The van der Waals surface area contributed by atoms with Crippen LogP contribution in [0.3, 0.4) is 0 Å². The van der Waals surface area contributed by atoms with Crippen LogP contribution in [0.2, 0.25) is 0 Å². The van der Waals surface area contributed by atoms with Gasteiger partial charge in [-0.15, -0.1) is 0 Å². The summed E-state index contributed by atoms with van der Waals surface area (Å²) in [6, 6.07) is 10.0. The molecule has 0 atom stereocenters. The van der Waals surface area contributed by atoms with E-state index in [4.69, 9.17) is 0 Å². The summed E-state index contributed by atoms with van der Waals surface area (Å²) in [5.41, 5.74) is 1.14. The topological polar surface area (TPSA) is 17.1 Å². The number of allylic oxidation sites excluding steroid dienone is 3. The van der Waals surface area contributed by atoms with Crippen molar-refractivity contribution >= 4 is 11.9 Å². The SMILES string of the molecule is CC(C)C(=O)C=CC=Cc1ccccc1. The summed E-state index contributed by atoms with van der Waals surface area (Å²) in [5, 5.41) is 0. The number of carbonyl (C=O) groups excluding carboxylic acids is 1. The van der Waals surface area contributed by atoms with Gasteiger partial charge < -0.3 is 0 Å². The Kier molecular flexibility index (Phi) is 4.55. The minimum Gasteiger partial charge on any atom is -0.295 e. The van der Waals surface area contributed by atoms with E-state index in [1.165, 1.54) is 0 Å². The van der Waals surface area contributed by atoms with Crippen molar-refractivity contribution in [2.24, 2.45) is 5.92 Å². The average Bonchev–Trinajstić information content (AvgIpc) is 2.25. The molecule has 0 fully saturated rings. The second-order valence-electron chi connectivity index (χ2n) is 3.69. The molecule has 1 heteroatoms. The van der Waals surface area contributed by atoms with E-state index in [9.17, 15) is 4.79 Å². The Morgan fingerprint density at radius 1 is 1.13 bits per heavy atom. The lowest BCUT2D eigenvalue weighted by Gasteiger charge is -1.94. The van der Waals surface area contributed by atoms with E-state index in [0.717, 1.165) is 5.56 Å². The van der Waals surface area contributed by atoms with E-state index in [1.54, 1.807) is 12.2 Å². The zero-order valence-corrected chi connectivity index (χ0v) is 9.18. The fourth-order valence-corrected chi connectivity index (χ4v) is 1.07. The highest BCUT2D eigenvalue weighted by molar-refractivity contribution is 5.91. The third-order valence-corrected chi connectivity index (χ3v) is 2.03. The Hall–Kier alpha value is -1.63. The van der Waals surface area contributed by atoms with Gasteiger partial charge in [0.15, 0.2) is 5.78 Å². The number of rotatable bonds is 4. The third-order valence-electron chi connectivity index (χ3n) is 2.03. The van der Waals surface area contributed by atoms with Gasteiger partial charge in [-0.2, -0.15) is 0 Å². The molecular weight excluding hydrogens is 184 g/mol. The highest BCUT2D eigenvalue weighted by atomic mass is 16.1. The first-order chi connectivity index (χ1) is 7.20. The molecule has 0 radical (unpaired) electrons. The van der Waals surface area contributed by atoms with Crippen molar-refractivity contribution in [3.8, 4) is 0 Å². The molecule has 1 aromatic rings. The Bertz CT molecular complexity index is 358. The second-order valence-corrected chi connectivity index (χ2v) is 3.69. The van der Waals surface area contributed by atoms with Crippen LogP contribution in [0, 0.1) is 5.92 Å². The van der Waals surface area contributed by atoms with Gasteiger partial charge in [0.25, 0.3) is 0 Å². The predicted molar refractivity (Wildman–Crippen MR) is 64.5 cm³/mol. The Morgan fingerprint density at radius 3 is 2.40 bits per heavy atom. The molecule has 0 spiro atoms. The van der Waals surface area contributed by atoms with E-state index in [1.807, 2.05) is 56.3 Å². The summed E-state index contributed by atoms with van der Waals surface area (Å²) in [6.07, 6.45) is 7.26. The molecule has 0 aliphatic heterocycles. The van der Waals surface area contributed by atoms with Crippen LogP contribution < -0.4 is 0 Å². The van der Waals surface area contributed by atoms with Crippen LogP contribution in [0.5, 0.6) is 0 Å². The highest BCUT2D eigenvalue weighted by Crippen LogP contribution is 2.01. The molecule has 0 amide bonds. The Morgan fingerprint density at radius 2 is 1.80 bits per heavy atom. The van der Waals surface area contributed by atoms with Crippen molar-refractivity contribution in [2.45, 2.75) is 13.8 Å². The van der Waals surface area contributed by atoms with Gasteiger partial charge in [0.1, 0.15) is 0 Å². The van der Waals surface area contributed by atoms with Gasteiger partial charge in [-0.1, -0.05) is 62.4 Å². The number of carbonyl (C=O) groups is 1. The summed E-state index contributed by atoms with van der Waals surface area (Å²) in [7, 11) is 0. The smallest absolute Gasteiger partial charge is 0.158 e. The molecule has 78 valence electrons. The lowest BCUT2D eigenvalue weighted by molar-refractivity contribution is -0.117. The Labute approximate surface area is 91.1 Å². The van der Waals surface area contributed by atoms with E-state index in [0.29, 0.717) is 0 Å². The quantitative estimate of drug-likeness (QED) is 0.537. The van der Waals surface area contributed by atoms with Crippen molar-refractivity contribution in [3.05, 3.63) is 54.1 Å². The third kappa shape index (κ3) is 4.41. The normalized spacial score (nSPS) is 11.7. The fourth-order valence-electron chi connectivity index (χ4n) is 1.07. The summed E-state index contributed by atoms with van der Waals surface area (Å²) in [5.74, 6) is 0.235. The molecule has 15 heavy (non-hydrogen) atoms. The average molecular weight is 200 g/mol. The number of hydrogen-bond acceptors (Lipinski definition) is 1. The molecule has 1 nitrogen and oxygen atoms in total. The van der Waals surface area contributed by atoms with Gasteiger partial charge in [0, 0.05) is 5.92 Å². The minimum atomic E-state index is 0.0753. The highest BCUT2D eigenvalue weighted by Gasteiger charge is 1.99. The predicted octanol–water partition coefficient (Wildman–Crippen LogP) is 3.48. The summed E-state index contributed by atoms with van der Waals surface area (Å²) >= 11 is 0. The molecule has 0 aliphatic carbocycles. The fraction of sp³-hybridized carbons (Fsp3) is 0.214. The van der Waals surface area contributed by atoms with Gasteiger partial charge in [-0.3, -0.25) is 4.79 Å². The molecular formula is C14H16O. The molecule has 0 aliphatic rings. The lowest BCUT2D eigenvalue weighted by atomic mass is 10.1. The maximum absolute atomic E-state index is 11.2. The second kappa shape index (κ2) is 5.97. The maximum Gasteiger partial charge on any atom is 0.158 e. The lowest BCUT2D eigenvalue weighted by Crippen LogP contribution is -2.01. The molecule has 0 unspecified atom stereocenters. The zero-order chi connectivity index (χ0) is 11.1. The van der Waals surface area contributed by atoms with Gasteiger partial charge in [0.05, 0.1) is 0 Å². The van der Waals surface area contributed by atoms with Gasteiger partial charge in [-0.25, -0.2) is 0 Å². The van der Waals surface area contributed by atoms with Gasteiger partial charge >= 0.3 is 0 Å². The van der Waals surface area contributed by atoms with Crippen LogP contribution in [-0.4, -0.2) is 5.78 Å². The molecule has 0 heterocycles. The van der Waals surface area contributed by atoms with E-state index in [-0.39, 0.29) is 11.7 Å². The first kappa shape index (κ1) is 11.4. The number of ketones is 1. The monoisotopic (exact) mass is 200 g/mol. The van der Waals surface area contributed by atoms with Crippen molar-refractivity contribution < 1.29 is 4.79 Å². The van der Waals surface area contributed by atoms with Crippen LogP contribution in [-0.2, 0) is 4.79 Å². The summed E-state index contributed by atoms with van der Waals surface area (Å²) in [4.78, 5) is 11.2.